The number of hydrogen-bond acceptors (Lipinski definition) is 6. The number of primary amides is 1. The van der Waals surface area contributed by atoms with Crippen molar-refractivity contribution in [2.75, 3.05) is 5.01 Å². The van der Waals surface area contributed by atoms with Gasteiger partial charge in [-0.1, -0.05) is 36.4 Å². The quantitative estimate of drug-likeness (QED) is 0.435. The predicted molar refractivity (Wildman–Crippen MR) is 133 cm³/mol. The molecule has 0 bridgehead atoms. The highest BCUT2D eigenvalue weighted by Crippen LogP contribution is 2.25. The second kappa shape index (κ2) is 9.60. The number of anilines is 1. The van der Waals surface area contributed by atoms with E-state index in [0.29, 0.717) is 5.69 Å². The Morgan fingerprint density at radius 1 is 0.943 bits per heavy atom. The minimum Gasteiger partial charge on any atom is -0.368 e. The van der Waals surface area contributed by atoms with Crippen LogP contribution >= 0.6 is 0 Å². The van der Waals surface area contributed by atoms with Crippen LogP contribution in [0, 0.1) is 0 Å². The molecule has 5 rings (SSSR count). The Hall–Kier alpha value is -4.79. The lowest BCUT2D eigenvalue weighted by Crippen LogP contribution is -2.39. The van der Waals surface area contributed by atoms with Gasteiger partial charge in [0, 0.05) is 42.7 Å². The molecule has 0 radical (unpaired) electrons. The zero-order valence-corrected chi connectivity index (χ0v) is 18.8. The highest BCUT2D eigenvalue weighted by Gasteiger charge is 2.34. The lowest BCUT2D eigenvalue weighted by Gasteiger charge is -2.20. The fourth-order valence-electron chi connectivity index (χ4n) is 3.97. The molecule has 0 aliphatic carbocycles. The summed E-state index contributed by atoms with van der Waals surface area (Å²) in [5, 5.41) is 13.6. The Kier molecular flexibility index (Phi) is 6.04. The van der Waals surface area contributed by atoms with Gasteiger partial charge in [-0.2, -0.15) is 10.2 Å². The molecule has 2 amide bonds. The van der Waals surface area contributed by atoms with Gasteiger partial charge in [-0.15, -0.1) is 0 Å². The van der Waals surface area contributed by atoms with Gasteiger partial charge < -0.3 is 11.1 Å². The minimum absolute atomic E-state index is 0.135. The van der Waals surface area contributed by atoms with Gasteiger partial charge in [0.2, 0.25) is 5.91 Å². The van der Waals surface area contributed by atoms with Crippen LogP contribution in [-0.2, 0) is 16.1 Å². The average Bonchev–Trinajstić information content (AvgIpc) is 3.54. The molecular formula is C26H23N7O2. The Bertz CT molecular complexity index is 1370. The maximum absolute atomic E-state index is 13.0. The third-order valence-corrected chi connectivity index (χ3v) is 5.73. The van der Waals surface area contributed by atoms with Gasteiger partial charge in [0.05, 0.1) is 17.1 Å². The van der Waals surface area contributed by atoms with E-state index in [1.165, 1.54) is 5.01 Å². The fraction of sp³-hybridized carbons (Fsp3) is 0.115. The Balaban J connectivity index is 1.38. The van der Waals surface area contributed by atoms with E-state index in [9.17, 15) is 9.59 Å². The number of carbonyl (C=O) groups excluding carboxylic acids is 2. The molecule has 0 saturated heterocycles. The summed E-state index contributed by atoms with van der Waals surface area (Å²) >= 11 is 0. The zero-order chi connectivity index (χ0) is 24.2. The molecule has 174 valence electrons. The van der Waals surface area contributed by atoms with Crippen LogP contribution in [0.4, 0.5) is 5.69 Å². The van der Waals surface area contributed by atoms with Gasteiger partial charge in [0.1, 0.15) is 11.8 Å². The maximum Gasteiger partial charge on any atom is 0.267 e. The molecule has 9 nitrogen and oxygen atoms in total. The van der Waals surface area contributed by atoms with Crippen LogP contribution in [0.3, 0.4) is 0 Å². The van der Waals surface area contributed by atoms with E-state index in [4.69, 9.17) is 10.8 Å². The van der Waals surface area contributed by atoms with Gasteiger partial charge in [0.25, 0.3) is 5.91 Å². The van der Waals surface area contributed by atoms with Crippen molar-refractivity contribution in [3.63, 3.8) is 0 Å². The molecule has 1 aliphatic rings. The first-order chi connectivity index (χ1) is 17.1. The van der Waals surface area contributed by atoms with E-state index in [1.54, 1.807) is 17.1 Å². The molecule has 9 heteroatoms. The van der Waals surface area contributed by atoms with Crippen molar-refractivity contribution in [3.8, 4) is 16.9 Å². The van der Waals surface area contributed by atoms with Crippen molar-refractivity contribution in [3.05, 3.63) is 97.0 Å². The standard InChI is InChI=1S/C26H23N7O2/c27-25(34)23-15-22(30-33(23)21-9-5-2-6-10-21)26(35)29-16-19-17-32(20-7-3-1-4-8-20)31-24(19)18-11-13-28-14-12-18/h1-14,17,23H,15-16H2,(H2,27,34)(H,29,35). The second-order valence-corrected chi connectivity index (χ2v) is 8.05. The number of rotatable bonds is 7. The maximum atomic E-state index is 13.0. The third kappa shape index (κ3) is 4.65. The van der Waals surface area contributed by atoms with Crippen molar-refractivity contribution >= 4 is 23.2 Å². The lowest BCUT2D eigenvalue weighted by atomic mass is 10.1. The van der Waals surface area contributed by atoms with Gasteiger partial charge in [-0.05, 0) is 36.4 Å². The van der Waals surface area contributed by atoms with Crippen molar-refractivity contribution in [2.24, 2.45) is 10.8 Å². The Morgan fingerprint density at radius 3 is 2.26 bits per heavy atom. The molecule has 0 spiro atoms. The minimum atomic E-state index is -0.716. The number of nitrogens with zero attached hydrogens (tertiary/aromatic N) is 5. The Morgan fingerprint density at radius 2 is 1.60 bits per heavy atom. The van der Waals surface area contributed by atoms with Crippen LogP contribution in [0.2, 0.25) is 0 Å². The first-order valence-electron chi connectivity index (χ1n) is 11.1. The molecule has 1 unspecified atom stereocenters. The largest absolute Gasteiger partial charge is 0.368 e. The number of carbonyl (C=O) groups is 2. The van der Waals surface area contributed by atoms with Crippen molar-refractivity contribution in [1.82, 2.24) is 20.1 Å². The number of nitrogens with two attached hydrogens (primary N) is 1. The molecule has 2 aromatic carbocycles. The van der Waals surface area contributed by atoms with Crippen molar-refractivity contribution in [1.29, 1.82) is 0 Å². The predicted octanol–water partition coefficient (Wildman–Crippen LogP) is 2.67. The molecule has 2 aromatic heterocycles. The number of hydrazone groups is 1. The highest BCUT2D eigenvalue weighted by atomic mass is 16.2. The summed E-state index contributed by atoms with van der Waals surface area (Å²) in [6.45, 7) is 0.231. The number of benzene rings is 2. The molecule has 4 aromatic rings. The summed E-state index contributed by atoms with van der Waals surface area (Å²) in [6, 6.07) is 22.0. The SMILES string of the molecule is NC(=O)C1CC(C(=O)NCc2cn(-c3ccccc3)nc2-c2ccncc2)=NN1c1ccccc1. The molecule has 3 N–H and O–H groups in total. The van der Waals surface area contributed by atoms with E-state index in [2.05, 4.69) is 15.4 Å². The summed E-state index contributed by atoms with van der Waals surface area (Å²) < 4.78 is 1.78. The van der Waals surface area contributed by atoms with Crippen LogP contribution in [0.15, 0.2) is 96.5 Å². The van der Waals surface area contributed by atoms with Gasteiger partial charge >= 0.3 is 0 Å². The normalized spacial score (nSPS) is 15.0. The summed E-state index contributed by atoms with van der Waals surface area (Å²) in [7, 11) is 0. The molecule has 35 heavy (non-hydrogen) atoms. The van der Waals surface area contributed by atoms with E-state index >= 15 is 0 Å². The monoisotopic (exact) mass is 465 g/mol. The molecule has 1 atom stereocenters. The zero-order valence-electron chi connectivity index (χ0n) is 18.8. The van der Waals surface area contributed by atoms with E-state index in [-0.39, 0.29) is 24.6 Å². The van der Waals surface area contributed by atoms with Gasteiger partial charge in [-0.3, -0.25) is 19.6 Å². The number of pyridine rings is 1. The van der Waals surface area contributed by atoms with Crippen LogP contribution in [0.5, 0.6) is 0 Å². The molecule has 0 saturated carbocycles. The third-order valence-electron chi connectivity index (χ3n) is 5.73. The Labute approximate surface area is 201 Å². The molecule has 1 aliphatic heterocycles. The number of para-hydroxylation sites is 2. The second-order valence-electron chi connectivity index (χ2n) is 8.05. The fourth-order valence-corrected chi connectivity index (χ4v) is 3.97. The van der Waals surface area contributed by atoms with Crippen LogP contribution in [-0.4, -0.2) is 38.3 Å². The number of hydrogen-bond donors (Lipinski definition) is 2. The molecule has 3 heterocycles. The number of aromatic nitrogens is 3. The van der Waals surface area contributed by atoms with E-state index < -0.39 is 11.9 Å². The first kappa shape index (κ1) is 22.0. The van der Waals surface area contributed by atoms with Crippen molar-refractivity contribution in [2.45, 2.75) is 19.0 Å². The average molecular weight is 466 g/mol. The van der Waals surface area contributed by atoms with E-state index in [0.717, 1.165) is 22.5 Å². The van der Waals surface area contributed by atoms with E-state index in [1.807, 2.05) is 79.0 Å². The van der Waals surface area contributed by atoms with Gasteiger partial charge in [0.15, 0.2) is 0 Å². The number of nitrogens with one attached hydrogen (secondary N) is 1. The summed E-state index contributed by atoms with van der Waals surface area (Å²) in [6.07, 6.45) is 5.43. The van der Waals surface area contributed by atoms with Gasteiger partial charge in [-0.25, -0.2) is 4.68 Å². The molecule has 0 fully saturated rings. The smallest absolute Gasteiger partial charge is 0.267 e. The topological polar surface area (TPSA) is 118 Å². The number of amides is 2. The summed E-state index contributed by atoms with van der Waals surface area (Å²) in [5.74, 6) is -0.896. The molecular weight excluding hydrogens is 442 g/mol. The highest BCUT2D eigenvalue weighted by molar-refractivity contribution is 6.40. The first-order valence-corrected chi connectivity index (χ1v) is 11.1. The van der Waals surface area contributed by atoms with Crippen LogP contribution < -0.4 is 16.1 Å². The summed E-state index contributed by atoms with van der Waals surface area (Å²) in [4.78, 5) is 29.1. The lowest BCUT2D eigenvalue weighted by molar-refractivity contribution is -0.119. The summed E-state index contributed by atoms with van der Waals surface area (Å²) in [5.41, 5.74) is 9.91. The van der Waals surface area contributed by atoms with Crippen molar-refractivity contribution < 1.29 is 9.59 Å². The van der Waals surface area contributed by atoms with Crippen LogP contribution in [0.1, 0.15) is 12.0 Å². The van der Waals surface area contributed by atoms with Crippen LogP contribution in [0.25, 0.3) is 16.9 Å².